The van der Waals surface area contributed by atoms with Gasteiger partial charge in [-0.05, 0) is 62.4 Å². The van der Waals surface area contributed by atoms with Crippen molar-refractivity contribution >= 4 is 30.5 Å². The molecule has 1 saturated carbocycles. The molecular formula is C25H36Cl2N2O2. The van der Waals surface area contributed by atoms with Crippen molar-refractivity contribution in [1.29, 1.82) is 0 Å². The summed E-state index contributed by atoms with van der Waals surface area (Å²) in [6, 6.07) is 19.6. The molecule has 2 aromatic rings. The Labute approximate surface area is 199 Å². The molecule has 2 aromatic carbocycles. The summed E-state index contributed by atoms with van der Waals surface area (Å²) < 4.78 is 11.5. The van der Waals surface area contributed by atoms with Gasteiger partial charge in [0.15, 0.2) is 0 Å². The minimum atomic E-state index is 0. The number of ether oxygens (including phenoxy) is 2. The molecule has 0 atom stereocenters. The van der Waals surface area contributed by atoms with E-state index >= 15 is 0 Å². The molecule has 1 heterocycles. The molecule has 6 heteroatoms. The van der Waals surface area contributed by atoms with Crippen molar-refractivity contribution in [3.63, 3.8) is 0 Å². The Balaban J connectivity index is 0.00000171. The molecule has 1 aliphatic heterocycles. The van der Waals surface area contributed by atoms with E-state index in [9.17, 15) is 0 Å². The van der Waals surface area contributed by atoms with Crippen molar-refractivity contribution < 1.29 is 9.47 Å². The highest BCUT2D eigenvalue weighted by Gasteiger charge is 2.43. The molecule has 0 N–H and O–H groups in total. The fourth-order valence-electron chi connectivity index (χ4n) is 5.17. The minimum absolute atomic E-state index is 0. The zero-order valence-corrected chi connectivity index (χ0v) is 20.3. The summed E-state index contributed by atoms with van der Waals surface area (Å²) >= 11 is 0. The van der Waals surface area contributed by atoms with Crippen molar-refractivity contribution in [1.82, 2.24) is 4.90 Å². The highest BCUT2D eigenvalue weighted by molar-refractivity contribution is 5.85. The number of hydrogen-bond acceptors (Lipinski definition) is 4. The van der Waals surface area contributed by atoms with E-state index in [1.165, 1.54) is 11.3 Å². The van der Waals surface area contributed by atoms with Gasteiger partial charge in [-0.2, -0.15) is 0 Å². The zero-order chi connectivity index (χ0) is 20.1. The molecule has 0 radical (unpaired) electrons. The van der Waals surface area contributed by atoms with Crippen molar-refractivity contribution in [2.24, 2.45) is 0 Å². The number of halogens is 2. The molecule has 0 aromatic heterocycles. The van der Waals surface area contributed by atoms with Gasteiger partial charge in [-0.15, -0.1) is 24.8 Å². The maximum absolute atomic E-state index is 5.84. The fourth-order valence-corrected chi connectivity index (χ4v) is 5.17. The van der Waals surface area contributed by atoms with Crippen LogP contribution in [0.5, 0.6) is 5.75 Å². The summed E-state index contributed by atoms with van der Waals surface area (Å²) in [5, 5.41) is 0. The highest BCUT2D eigenvalue weighted by atomic mass is 35.5. The molecule has 2 fully saturated rings. The molecule has 1 aliphatic carbocycles. The summed E-state index contributed by atoms with van der Waals surface area (Å²) in [5.41, 5.74) is 2.83. The Kier molecular flexibility index (Phi) is 9.95. The Morgan fingerprint density at radius 3 is 2.19 bits per heavy atom. The second-order valence-corrected chi connectivity index (χ2v) is 8.24. The van der Waals surface area contributed by atoms with Crippen LogP contribution in [0.1, 0.15) is 38.2 Å². The second-order valence-electron chi connectivity index (χ2n) is 8.24. The van der Waals surface area contributed by atoms with Gasteiger partial charge in [0.2, 0.25) is 0 Å². The summed E-state index contributed by atoms with van der Waals surface area (Å²) in [7, 11) is 1.85. The molecule has 0 unspecified atom stereocenters. The molecule has 31 heavy (non-hydrogen) atoms. The lowest BCUT2D eigenvalue weighted by molar-refractivity contribution is -0.0166. The van der Waals surface area contributed by atoms with Crippen LogP contribution in [0, 0.1) is 0 Å². The van der Waals surface area contributed by atoms with Gasteiger partial charge in [0.05, 0.1) is 12.7 Å². The molecule has 0 spiro atoms. The van der Waals surface area contributed by atoms with Crippen LogP contribution in [-0.2, 0) is 10.3 Å². The maximum Gasteiger partial charge on any atom is 0.119 e. The maximum atomic E-state index is 5.84. The first-order valence-electron chi connectivity index (χ1n) is 11.1. The number of hydrogen-bond donors (Lipinski definition) is 0. The van der Waals surface area contributed by atoms with Crippen molar-refractivity contribution in [2.75, 3.05) is 44.8 Å². The van der Waals surface area contributed by atoms with Crippen LogP contribution < -0.4 is 9.64 Å². The quantitative estimate of drug-likeness (QED) is 0.557. The summed E-state index contributed by atoms with van der Waals surface area (Å²) in [6.07, 6.45) is 4.92. The third kappa shape index (κ3) is 5.67. The number of piperazine rings is 1. The summed E-state index contributed by atoms with van der Waals surface area (Å²) in [6.45, 7) is 7.08. The van der Waals surface area contributed by atoms with Crippen molar-refractivity contribution in [2.45, 2.75) is 44.2 Å². The monoisotopic (exact) mass is 466 g/mol. The molecule has 2 aliphatic rings. The Bertz CT molecular complexity index is 774. The topological polar surface area (TPSA) is 24.9 Å². The number of para-hydroxylation sites is 1. The molecule has 4 nitrogen and oxygen atoms in total. The lowest BCUT2D eigenvalue weighted by atomic mass is 9.74. The molecule has 0 bridgehead atoms. The number of nitrogens with zero attached hydrogens (tertiary/aromatic N) is 2. The smallest absolute Gasteiger partial charge is 0.119 e. The first-order chi connectivity index (χ1) is 14.2. The van der Waals surface area contributed by atoms with Crippen molar-refractivity contribution in [3.05, 3.63) is 60.2 Å². The van der Waals surface area contributed by atoms with Gasteiger partial charge in [0.25, 0.3) is 0 Å². The average Bonchev–Trinajstić information content (AvgIpc) is 2.80. The van der Waals surface area contributed by atoms with Crippen LogP contribution in [0.3, 0.4) is 0 Å². The third-order valence-corrected chi connectivity index (χ3v) is 6.78. The summed E-state index contributed by atoms with van der Waals surface area (Å²) in [5.74, 6) is 0.987. The number of anilines is 1. The van der Waals surface area contributed by atoms with E-state index in [-0.39, 0.29) is 30.4 Å². The van der Waals surface area contributed by atoms with Gasteiger partial charge >= 0.3 is 0 Å². The Morgan fingerprint density at radius 2 is 1.58 bits per heavy atom. The largest absolute Gasteiger partial charge is 0.494 e. The first kappa shape index (κ1) is 25.8. The summed E-state index contributed by atoms with van der Waals surface area (Å²) in [4.78, 5) is 5.25. The Hall–Kier alpha value is -1.46. The number of methoxy groups -OCH3 is 1. The van der Waals surface area contributed by atoms with Gasteiger partial charge in [-0.1, -0.05) is 30.3 Å². The predicted octanol–water partition coefficient (Wildman–Crippen LogP) is 5.54. The van der Waals surface area contributed by atoms with E-state index in [1.54, 1.807) is 0 Å². The van der Waals surface area contributed by atoms with Crippen LogP contribution in [0.4, 0.5) is 5.69 Å². The number of benzene rings is 2. The van der Waals surface area contributed by atoms with E-state index < -0.39 is 0 Å². The van der Waals surface area contributed by atoms with Crippen LogP contribution >= 0.6 is 24.8 Å². The molecule has 0 amide bonds. The van der Waals surface area contributed by atoms with E-state index in [2.05, 4.69) is 71.3 Å². The lowest BCUT2D eigenvalue weighted by Gasteiger charge is -2.51. The van der Waals surface area contributed by atoms with Gasteiger partial charge < -0.3 is 14.4 Å². The van der Waals surface area contributed by atoms with Crippen LogP contribution in [-0.4, -0.2) is 50.9 Å². The molecule has 1 saturated heterocycles. The Morgan fingerprint density at radius 1 is 0.903 bits per heavy atom. The minimum Gasteiger partial charge on any atom is -0.494 e. The van der Waals surface area contributed by atoms with E-state index in [0.29, 0.717) is 12.7 Å². The van der Waals surface area contributed by atoms with E-state index in [4.69, 9.17) is 9.47 Å². The second kappa shape index (κ2) is 12.0. The van der Waals surface area contributed by atoms with Crippen LogP contribution in [0.25, 0.3) is 0 Å². The van der Waals surface area contributed by atoms with Crippen molar-refractivity contribution in [3.8, 4) is 5.75 Å². The normalized spacial score (nSPS) is 24.1. The highest BCUT2D eigenvalue weighted by Crippen LogP contribution is 2.44. The van der Waals surface area contributed by atoms with E-state index in [0.717, 1.165) is 57.6 Å². The SMILES string of the molecule is CCOc1cccc(C2(N3CCN(c4ccccc4)CC3)CCC(OC)CC2)c1.Cl.Cl. The first-order valence-corrected chi connectivity index (χ1v) is 11.1. The zero-order valence-electron chi connectivity index (χ0n) is 18.7. The fraction of sp³-hybridized carbons (Fsp3) is 0.520. The van der Waals surface area contributed by atoms with Gasteiger partial charge in [-0.25, -0.2) is 0 Å². The molecule has 4 rings (SSSR count). The molecular weight excluding hydrogens is 431 g/mol. The third-order valence-electron chi connectivity index (χ3n) is 6.78. The van der Waals surface area contributed by atoms with Gasteiger partial charge in [0.1, 0.15) is 5.75 Å². The standard InChI is InChI=1S/C25H34N2O2.2ClH/c1-3-29-24-11-7-8-21(20-24)25(14-12-23(28-2)13-15-25)27-18-16-26(17-19-27)22-9-5-4-6-10-22;;/h4-11,20,23H,3,12-19H2,1-2H3;2*1H. The average molecular weight is 467 g/mol. The molecule has 172 valence electrons. The van der Waals surface area contributed by atoms with E-state index in [1.807, 2.05) is 7.11 Å². The predicted molar refractivity (Wildman–Crippen MR) is 133 cm³/mol. The number of rotatable bonds is 6. The van der Waals surface area contributed by atoms with Gasteiger partial charge in [0, 0.05) is 44.5 Å². The van der Waals surface area contributed by atoms with Gasteiger partial charge in [-0.3, -0.25) is 4.90 Å². The van der Waals surface area contributed by atoms with Crippen LogP contribution in [0.15, 0.2) is 54.6 Å². The lowest BCUT2D eigenvalue weighted by Crippen LogP contribution is -2.57. The van der Waals surface area contributed by atoms with Crippen LogP contribution in [0.2, 0.25) is 0 Å².